The van der Waals surface area contributed by atoms with Gasteiger partial charge in [0.2, 0.25) is 4.77 Å². The number of tetrazole rings is 1. The molecule has 0 saturated heterocycles. The molecule has 2 rings (SSSR count). The van der Waals surface area contributed by atoms with Crippen LogP contribution in [0.3, 0.4) is 0 Å². The van der Waals surface area contributed by atoms with Gasteiger partial charge in [-0.2, -0.15) is 5.21 Å². The van der Waals surface area contributed by atoms with Crippen LogP contribution < -0.4 is 4.74 Å². The Morgan fingerprint density at radius 3 is 2.69 bits per heavy atom. The second-order valence-corrected chi connectivity index (χ2v) is 3.35. The lowest BCUT2D eigenvalue weighted by Crippen LogP contribution is -2.02. The fourth-order valence-corrected chi connectivity index (χ4v) is 1.41. The Balaban J connectivity index is 2.20. The smallest absolute Gasteiger partial charge is 0.242 e. The van der Waals surface area contributed by atoms with Gasteiger partial charge in [-0.3, -0.25) is 0 Å². The van der Waals surface area contributed by atoms with Crippen LogP contribution >= 0.6 is 12.2 Å². The second-order valence-electron chi connectivity index (χ2n) is 2.98. The summed E-state index contributed by atoms with van der Waals surface area (Å²) >= 11 is 4.96. The fourth-order valence-electron chi connectivity index (χ4n) is 1.22. The SMILES string of the molecule is OCCOc1ccc(-n2[nH]nnc2=S)cc1. The number of aromatic amines is 1. The molecule has 0 atom stereocenters. The third-order valence-electron chi connectivity index (χ3n) is 1.93. The molecule has 1 heterocycles. The van der Waals surface area contributed by atoms with E-state index in [9.17, 15) is 0 Å². The lowest BCUT2D eigenvalue weighted by atomic mass is 10.3. The summed E-state index contributed by atoms with van der Waals surface area (Å²) < 4.78 is 7.17. The van der Waals surface area contributed by atoms with Crippen molar-refractivity contribution in [3.8, 4) is 11.4 Å². The average Bonchev–Trinajstić information content (AvgIpc) is 2.74. The molecule has 0 amide bonds. The van der Waals surface area contributed by atoms with Crippen LogP contribution in [0.15, 0.2) is 24.3 Å². The molecule has 7 heteroatoms. The first-order valence-corrected chi connectivity index (χ1v) is 5.06. The highest BCUT2D eigenvalue weighted by atomic mass is 32.1. The van der Waals surface area contributed by atoms with Crippen LogP contribution in [0.1, 0.15) is 0 Å². The van der Waals surface area contributed by atoms with E-state index < -0.39 is 0 Å². The van der Waals surface area contributed by atoms with Gasteiger partial charge in [0.25, 0.3) is 0 Å². The van der Waals surface area contributed by atoms with Crippen molar-refractivity contribution in [2.45, 2.75) is 0 Å². The van der Waals surface area contributed by atoms with E-state index in [-0.39, 0.29) is 13.2 Å². The van der Waals surface area contributed by atoms with E-state index in [1.807, 2.05) is 12.1 Å². The molecule has 0 aliphatic carbocycles. The first-order valence-electron chi connectivity index (χ1n) is 4.65. The zero-order chi connectivity index (χ0) is 11.4. The molecule has 1 aromatic carbocycles. The zero-order valence-electron chi connectivity index (χ0n) is 8.33. The van der Waals surface area contributed by atoms with Crippen LogP contribution in [0.4, 0.5) is 0 Å². The van der Waals surface area contributed by atoms with Crippen LogP contribution in [0.2, 0.25) is 0 Å². The van der Waals surface area contributed by atoms with Crippen LogP contribution in [0.25, 0.3) is 5.69 Å². The molecule has 2 N–H and O–H groups in total. The number of ether oxygens (including phenoxy) is 1. The van der Waals surface area contributed by atoms with E-state index in [0.717, 1.165) is 5.69 Å². The number of hydrogen-bond acceptors (Lipinski definition) is 5. The highest BCUT2D eigenvalue weighted by molar-refractivity contribution is 7.71. The van der Waals surface area contributed by atoms with Crippen molar-refractivity contribution in [1.82, 2.24) is 20.2 Å². The van der Waals surface area contributed by atoms with Crippen molar-refractivity contribution in [2.24, 2.45) is 0 Å². The van der Waals surface area contributed by atoms with E-state index in [2.05, 4.69) is 15.5 Å². The minimum atomic E-state index is -0.00270. The largest absolute Gasteiger partial charge is 0.491 e. The Hall–Kier alpha value is -1.73. The number of aliphatic hydroxyl groups is 1. The normalized spacial score (nSPS) is 10.3. The molecule has 0 radical (unpaired) electrons. The molecule has 84 valence electrons. The molecule has 0 aliphatic rings. The van der Waals surface area contributed by atoms with Crippen molar-refractivity contribution in [3.05, 3.63) is 29.0 Å². The van der Waals surface area contributed by atoms with Crippen molar-refractivity contribution >= 4 is 12.2 Å². The molecule has 16 heavy (non-hydrogen) atoms. The summed E-state index contributed by atoms with van der Waals surface area (Å²) in [7, 11) is 0. The summed E-state index contributed by atoms with van der Waals surface area (Å²) in [5, 5.41) is 18.5. The lowest BCUT2D eigenvalue weighted by Gasteiger charge is -2.05. The van der Waals surface area contributed by atoms with Gasteiger partial charge in [0.1, 0.15) is 12.4 Å². The lowest BCUT2D eigenvalue weighted by molar-refractivity contribution is 0.201. The predicted octanol–water partition coefficient (Wildman–Crippen LogP) is 0.696. The van der Waals surface area contributed by atoms with Crippen LogP contribution in [-0.4, -0.2) is 38.5 Å². The van der Waals surface area contributed by atoms with E-state index in [0.29, 0.717) is 10.5 Å². The van der Waals surface area contributed by atoms with Crippen molar-refractivity contribution in [1.29, 1.82) is 0 Å². The third kappa shape index (κ3) is 2.26. The first kappa shape index (κ1) is 10.8. The quantitative estimate of drug-likeness (QED) is 0.767. The third-order valence-corrected chi connectivity index (χ3v) is 2.19. The Kier molecular flexibility index (Phi) is 3.28. The van der Waals surface area contributed by atoms with Gasteiger partial charge < -0.3 is 9.84 Å². The molecule has 2 aromatic rings. The van der Waals surface area contributed by atoms with Gasteiger partial charge in [-0.15, -0.1) is 0 Å². The van der Waals surface area contributed by atoms with Gasteiger partial charge in [0, 0.05) is 0 Å². The van der Waals surface area contributed by atoms with Gasteiger partial charge in [-0.25, -0.2) is 4.68 Å². The summed E-state index contributed by atoms with van der Waals surface area (Å²) in [5.74, 6) is 0.691. The fraction of sp³-hybridized carbons (Fsp3) is 0.222. The number of rotatable bonds is 4. The van der Waals surface area contributed by atoms with E-state index in [1.54, 1.807) is 16.8 Å². The molecule has 0 spiro atoms. The molecule has 0 fully saturated rings. The summed E-state index contributed by atoms with van der Waals surface area (Å²) in [4.78, 5) is 0. The van der Waals surface area contributed by atoms with E-state index >= 15 is 0 Å². The minimum absolute atomic E-state index is 0.00270. The van der Waals surface area contributed by atoms with E-state index in [4.69, 9.17) is 22.1 Å². The maximum atomic E-state index is 8.60. The van der Waals surface area contributed by atoms with Gasteiger partial charge in [0.05, 0.1) is 12.3 Å². The van der Waals surface area contributed by atoms with Crippen LogP contribution in [0, 0.1) is 4.77 Å². The number of aliphatic hydroxyl groups excluding tert-OH is 1. The molecule has 0 saturated carbocycles. The van der Waals surface area contributed by atoms with Crippen molar-refractivity contribution in [2.75, 3.05) is 13.2 Å². The van der Waals surface area contributed by atoms with Crippen molar-refractivity contribution in [3.63, 3.8) is 0 Å². The summed E-state index contributed by atoms with van der Waals surface area (Å²) in [5.41, 5.74) is 0.825. The summed E-state index contributed by atoms with van der Waals surface area (Å²) in [6.07, 6.45) is 0. The Labute approximate surface area is 96.5 Å². The van der Waals surface area contributed by atoms with Crippen LogP contribution in [0.5, 0.6) is 5.75 Å². The molecule has 0 unspecified atom stereocenters. The Bertz CT molecular complexity index is 505. The molecule has 0 aliphatic heterocycles. The standard InChI is InChI=1S/C9H10N4O2S/c14-5-6-15-8-3-1-7(2-4-8)13-9(16)10-11-12-13/h1-4,14H,5-6H2,(H,10,12,16). The number of nitrogens with one attached hydrogen (secondary N) is 1. The monoisotopic (exact) mass is 238 g/mol. The van der Waals surface area contributed by atoms with Gasteiger partial charge in [-0.1, -0.05) is 10.3 Å². The Morgan fingerprint density at radius 1 is 1.38 bits per heavy atom. The molecule has 1 aromatic heterocycles. The topological polar surface area (TPSA) is 76.0 Å². The van der Waals surface area contributed by atoms with Gasteiger partial charge in [-0.05, 0) is 36.5 Å². The van der Waals surface area contributed by atoms with E-state index in [1.165, 1.54) is 0 Å². The van der Waals surface area contributed by atoms with Crippen molar-refractivity contribution < 1.29 is 9.84 Å². The average molecular weight is 238 g/mol. The number of aromatic nitrogens is 4. The predicted molar refractivity (Wildman–Crippen MR) is 59.1 cm³/mol. The molecule has 6 nitrogen and oxygen atoms in total. The number of H-pyrrole nitrogens is 1. The summed E-state index contributed by atoms with van der Waals surface area (Å²) in [6.45, 7) is 0.279. The summed E-state index contributed by atoms with van der Waals surface area (Å²) in [6, 6.07) is 7.21. The molecular weight excluding hydrogens is 228 g/mol. The van der Waals surface area contributed by atoms with Gasteiger partial charge >= 0.3 is 0 Å². The van der Waals surface area contributed by atoms with Gasteiger partial charge in [0.15, 0.2) is 0 Å². The molecule has 0 bridgehead atoms. The maximum absolute atomic E-state index is 8.60. The van der Waals surface area contributed by atoms with Crippen LogP contribution in [-0.2, 0) is 0 Å². The Morgan fingerprint density at radius 2 is 2.12 bits per heavy atom. The second kappa shape index (κ2) is 4.86. The zero-order valence-corrected chi connectivity index (χ0v) is 9.15. The first-order chi connectivity index (χ1) is 7.81. The number of hydrogen-bond donors (Lipinski definition) is 2. The highest BCUT2D eigenvalue weighted by Crippen LogP contribution is 2.14. The number of nitrogens with zero attached hydrogens (tertiary/aromatic N) is 3. The minimum Gasteiger partial charge on any atom is -0.491 e. The number of benzene rings is 1. The molecular formula is C9H10N4O2S. The maximum Gasteiger partial charge on any atom is 0.242 e. The highest BCUT2D eigenvalue weighted by Gasteiger charge is 2.00.